The van der Waals surface area contributed by atoms with Gasteiger partial charge in [0.25, 0.3) is 0 Å². The van der Waals surface area contributed by atoms with Crippen LogP contribution in [-0.2, 0) is 0 Å². The molecule has 1 heterocycles. The van der Waals surface area contributed by atoms with E-state index in [1.165, 1.54) is 16.8 Å². The second-order valence-electron chi connectivity index (χ2n) is 3.06. The van der Waals surface area contributed by atoms with E-state index in [0.29, 0.717) is 5.00 Å². The van der Waals surface area contributed by atoms with Gasteiger partial charge in [0.1, 0.15) is 5.00 Å². The van der Waals surface area contributed by atoms with Gasteiger partial charge in [0, 0.05) is 8.95 Å². The fourth-order valence-electron chi connectivity index (χ4n) is 1.22. The Bertz CT molecular complexity index is 551. The Hall–Kier alpha value is -0.920. The number of anilines is 2. The molecule has 0 spiro atoms. The zero-order valence-electron chi connectivity index (χ0n) is 8.28. The number of halogens is 2. The van der Waals surface area contributed by atoms with Crippen LogP contribution in [0.2, 0.25) is 0 Å². The van der Waals surface area contributed by atoms with Crippen molar-refractivity contribution in [2.24, 2.45) is 0 Å². The third kappa shape index (κ3) is 2.67. The lowest BCUT2D eigenvalue weighted by Crippen LogP contribution is -2.01. The fourth-order valence-corrected chi connectivity index (χ4v) is 3.09. The Morgan fingerprint density at radius 2 is 2.00 bits per heavy atom. The average molecular weight is 378 g/mol. The van der Waals surface area contributed by atoms with E-state index in [1.807, 2.05) is 18.2 Å². The summed E-state index contributed by atoms with van der Waals surface area (Å²) >= 11 is 8.04. The van der Waals surface area contributed by atoms with E-state index in [-0.39, 0.29) is 5.69 Å². The Kier molecular flexibility index (Phi) is 3.80. The number of hydrogen-bond donors (Lipinski definition) is 2. The van der Waals surface area contributed by atoms with Gasteiger partial charge in [-0.1, -0.05) is 6.07 Å². The summed E-state index contributed by atoms with van der Waals surface area (Å²) in [5.41, 5.74) is 2.30. The molecule has 17 heavy (non-hydrogen) atoms. The molecule has 0 radical (unpaired) electrons. The number of rotatable bonds is 3. The molecule has 0 unspecified atom stereocenters. The molecule has 88 valence electrons. The Morgan fingerprint density at radius 1 is 1.35 bits per heavy atom. The van der Waals surface area contributed by atoms with Crippen molar-refractivity contribution in [3.05, 3.63) is 38.3 Å². The maximum atomic E-state index is 10.9. The van der Waals surface area contributed by atoms with Crippen molar-refractivity contribution >= 4 is 59.9 Å². The highest BCUT2D eigenvalue weighted by molar-refractivity contribution is 9.11. The lowest BCUT2D eigenvalue weighted by molar-refractivity contribution is 0.0692. The predicted octanol–water partition coefficient (Wildman–Crippen LogP) is 4.11. The van der Waals surface area contributed by atoms with Crippen LogP contribution in [0.1, 0.15) is 10.5 Å². The molecule has 0 fully saturated rings. The second kappa shape index (κ2) is 5.16. The lowest BCUT2D eigenvalue weighted by Gasteiger charge is -2.09. The zero-order valence-corrected chi connectivity index (χ0v) is 12.3. The first kappa shape index (κ1) is 12.5. The van der Waals surface area contributed by atoms with Crippen LogP contribution in [0.25, 0.3) is 0 Å². The molecular formula is C10H6Br2N2O2S. The van der Waals surface area contributed by atoms with Gasteiger partial charge in [-0.15, -0.1) is 11.3 Å². The number of carboxylic acid groups (broad SMARTS) is 1. The molecule has 0 aliphatic heterocycles. The van der Waals surface area contributed by atoms with Gasteiger partial charge in [-0.3, -0.25) is 0 Å². The van der Waals surface area contributed by atoms with Crippen LogP contribution in [0.15, 0.2) is 32.7 Å². The van der Waals surface area contributed by atoms with Crippen LogP contribution >= 0.6 is 43.2 Å². The third-order valence-corrected chi connectivity index (χ3v) is 4.03. The Morgan fingerprint density at radius 3 is 2.59 bits per heavy atom. The van der Waals surface area contributed by atoms with E-state index >= 15 is 0 Å². The molecule has 1 aromatic carbocycles. The third-order valence-electron chi connectivity index (χ3n) is 1.97. The van der Waals surface area contributed by atoms with E-state index in [2.05, 4.69) is 42.2 Å². The molecule has 0 aliphatic carbocycles. The molecule has 0 bridgehead atoms. The minimum atomic E-state index is -1.04. The molecule has 4 nitrogen and oxygen atoms in total. The van der Waals surface area contributed by atoms with E-state index in [4.69, 9.17) is 5.11 Å². The van der Waals surface area contributed by atoms with Crippen molar-refractivity contribution < 1.29 is 9.90 Å². The summed E-state index contributed by atoms with van der Waals surface area (Å²) in [7, 11) is 0. The second-order valence-corrected chi connectivity index (χ2v) is 5.62. The number of aromatic carboxylic acids is 1. The SMILES string of the molecule is O=C(O)c1ncsc1Nc1c(Br)cccc1Br. The summed E-state index contributed by atoms with van der Waals surface area (Å²) in [5, 5.41) is 12.5. The molecule has 0 amide bonds. The zero-order chi connectivity index (χ0) is 12.4. The normalized spacial score (nSPS) is 10.2. The molecular weight excluding hydrogens is 372 g/mol. The van der Waals surface area contributed by atoms with Gasteiger partial charge in [-0.2, -0.15) is 0 Å². The van der Waals surface area contributed by atoms with Gasteiger partial charge in [-0.05, 0) is 44.0 Å². The first-order chi connectivity index (χ1) is 8.09. The summed E-state index contributed by atoms with van der Waals surface area (Å²) < 4.78 is 1.69. The maximum Gasteiger partial charge on any atom is 0.357 e. The Labute approximate surface area is 118 Å². The number of para-hydroxylation sites is 1. The van der Waals surface area contributed by atoms with Gasteiger partial charge in [-0.25, -0.2) is 9.78 Å². The maximum absolute atomic E-state index is 10.9. The number of nitrogens with zero attached hydrogens (tertiary/aromatic N) is 1. The van der Waals surface area contributed by atoms with Gasteiger partial charge in [0.2, 0.25) is 0 Å². The highest BCUT2D eigenvalue weighted by Crippen LogP contribution is 2.35. The highest BCUT2D eigenvalue weighted by atomic mass is 79.9. The summed E-state index contributed by atoms with van der Waals surface area (Å²) in [6.07, 6.45) is 0. The van der Waals surface area contributed by atoms with Crippen LogP contribution in [0, 0.1) is 0 Å². The molecule has 0 atom stereocenters. The van der Waals surface area contributed by atoms with E-state index in [0.717, 1.165) is 14.6 Å². The molecule has 0 saturated heterocycles. The van der Waals surface area contributed by atoms with Crippen LogP contribution in [0.4, 0.5) is 10.7 Å². The van der Waals surface area contributed by atoms with Crippen LogP contribution in [0.3, 0.4) is 0 Å². The minimum Gasteiger partial charge on any atom is -0.476 e. The predicted molar refractivity (Wildman–Crippen MR) is 74.2 cm³/mol. The standard InChI is InChI=1S/C10H6Br2N2O2S/c11-5-2-1-3-6(12)7(5)14-9-8(10(15)16)13-4-17-9/h1-4,14H,(H,15,16). The number of carbonyl (C=O) groups is 1. The van der Waals surface area contributed by atoms with Gasteiger partial charge in [0.15, 0.2) is 5.69 Å². The first-order valence-electron chi connectivity index (χ1n) is 4.47. The van der Waals surface area contributed by atoms with Crippen molar-refractivity contribution in [3.63, 3.8) is 0 Å². The van der Waals surface area contributed by atoms with E-state index < -0.39 is 5.97 Å². The van der Waals surface area contributed by atoms with E-state index in [1.54, 1.807) is 0 Å². The molecule has 2 aromatic rings. The monoisotopic (exact) mass is 376 g/mol. The van der Waals surface area contributed by atoms with Gasteiger partial charge >= 0.3 is 5.97 Å². The molecule has 2 rings (SSSR count). The number of carboxylic acids is 1. The Balaban J connectivity index is 2.38. The van der Waals surface area contributed by atoms with Crippen LogP contribution in [-0.4, -0.2) is 16.1 Å². The van der Waals surface area contributed by atoms with Crippen molar-refractivity contribution in [1.82, 2.24) is 4.98 Å². The number of thiazole rings is 1. The smallest absolute Gasteiger partial charge is 0.357 e. The van der Waals surface area contributed by atoms with Crippen LogP contribution in [0.5, 0.6) is 0 Å². The lowest BCUT2D eigenvalue weighted by atomic mass is 10.3. The van der Waals surface area contributed by atoms with Crippen molar-refractivity contribution in [3.8, 4) is 0 Å². The van der Waals surface area contributed by atoms with Crippen molar-refractivity contribution in [2.45, 2.75) is 0 Å². The molecule has 1 aromatic heterocycles. The number of hydrogen-bond acceptors (Lipinski definition) is 4. The molecule has 7 heteroatoms. The topological polar surface area (TPSA) is 62.2 Å². The summed E-state index contributed by atoms with van der Waals surface area (Å²) in [4.78, 5) is 14.7. The number of aromatic nitrogens is 1. The van der Waals surface area contributed by atoms with Crippen molar-refractivity contribution in [2.75, 3.05) is 5.32 Å². The van der Waals surface area contributed by atoms with Gasteiger partial charge in [0.05, 0.1) is 11.2 Å². The molecule has 0 saturated carbocycles. The van der Waals surface area contributed by atoms with Gasteiger partial charge < -0.3 is 10.4 Å². The number of nitrogens with one attached hydrogen (secondary N) is 1. The quantitative estimate of drug-likeness (QED) is 0.844. The first-order valence-corrected chi connectivity index (χ1v) is 6.94. The molecule has 2 N–H and O–H groups in total. The van der Waals surface area contributed by atoms with E-state index in [9.17, 15) is 4.79 Å². The minimum absolute atomic E-state index is 0.0256. The average Bonchev–Trinajstić information content (AvgIpc) is 2.72. The fraction of sp³-hybridized carbons (Fsp3) is 0. The highest BCUT2D eigenvalue weighted by Gasteiger charge is 2.15. The molecule has 0 aliphatic rings. The summed E-state index contributed by atoms with van der Waals surface area (Å²) in [6, 6.07) is 5.62. The van der Waals surface area contributed by atoms with Crippen molar-refractivity contribution in [1.29, 1.82) is 0 Å². The summed E-state index contributed by atoms with van der Waals surface area (Å²) in [5.74, 6) is -1.04. The number of benzene rings is 1. The van der Waals surface area contributed by atoms with Crippen LogP contribution < -0.4 is 5.32 Å². The summed E-state index contributed by atoms with van der Waals surface area (Å²) in [6.45, 7) is 0. The largest absolute Gasteiger partial charge is 0.476 e.